The highest BCUT2D eigenvalue weighted by molar-refractivity contribution is 9.10. The van der Waals surface area contributed by atoms with Crippen molar-refractivity contribution >= 4 is 33.0 Å². The quantitative estimate of drug-likeness (QED) is 0.814. The van der Waals surface area contributed by atoms with E-state index in [4.69, 9.17) is 5.73 Å². The molecule has 0 saturated heterocycles. The summed E-state index contributed by atoms with van der Waals surface area (Å²) < 4.78 is 14.1. The minimum absolute atomic E-state index is 0.272. The molecular weight excluding hydrogens is 283 g/mol. The van der Waals surface area contributed by atoms with E-state index in [9.17, 15) is 4.39 Å². The Kier molecular flexibility index (Phi) is 3.33. The number of hydrogen-bond donors (Lipinski definition) is 2. The second-order valence-electron chi connectivity index (χ2n) is 3.82. The van der Waals surface area contributed by atoms with E-state index in [1.807, 2.05) is 19.1 Å². The minimum atomic E-state index is -0.272. The SMILES string of the molecule is Cc1ccc(F)cc1Nc1cc(Br)ccc1N. The zero-order chi connectivity index (χ0) is 12.4. The molecular formula is C13H12BrFN2. The zero-order valence-corrected chi connectivity index (χ0v) is 10.9. The number of aryl methyl sites for hydroxylation is 1. The Balaban J connectivity index is 2.37. The molecule has 17 heavy (non-hydrogen) atoms. The normalized spacial score (nSPS) is 10.3. The number of halogens is 2. The molecule has 2 nitrogen and oxygen atoms in total. The van der Waals surface area contributed by atoms with Gasteiger partial charge in [-0.25, -0.2) is 4.39 Å². The molecule has 0 bridgehead atoms. The minimum Gasteiger partial charge on any atom is -0.397 e. The third-order valence-electron chi connectivity index (χ3n) is 2.48. The van der Waals surface area contributed by atoms with Crippen LogP contribution in [0.5, 0.6) is 0 Å². The molecule has 0 heterocycles. The number of benzene rings is 2. The summed E-state index contributed by atoms with van der Waals surface area (Å²) in [6.45, 7) is 1.91. The largest absolute Gasteiger partial charge is 0.397 e. The lowest BCUT2D eigenvalue weighted by Gasteiger charge is -2.12. The highest BCUT2D eigenvalue weighted by atomic mass is 79.9. The van der Waals surface area contributed by atoms with Crippen LogP contribution in [0.2, 0.25) is 0 Å². The van der Waals surface area contributed by atoms with Crippen LogP contribution in [0.15, 0.2) is 40.9 Å². The first-order valence-electron chi connectivity index (χ1n) is 5.14. The van der Waals surface area contributed by atoms with Crippen molar-refractivity contribution in [2.24, 2.45) is 0 Å². The van der Waals surface area contributed by atoms with E-state index in [2.05, 4.69) is 21.2 Å². The summed E-state index contributed by atoms with van der Waals surface area (Å²) in [5.74, 6) is -0.272. The van der Waals surface area contributed by atoms with Gasteiger partial charge in [-0.15, -0.1) is 0 Å². The monoisotopic (exact) mass is 294 g/mol. The molecule has 2 aromatic carbocycles. The summed E-state index contributed by atoms with van der Waals surface area (Å²) in [7, 11) is 0. The second-order valence-corrected chi connectivity index (χ2v) is 4.73. The van der Waals surface area contributed by atoms with Gasteiger partial charge in [-0.05, 0) is 42.8 Å². The maximum absolute atomic E-state index is 13.1. The number of rotatable bonds is 2. The number of anilines is 3. The van der Waals surface area contributed by atoms with Crippen molar-refractivity contribution in [1.82, 2.24) is 0 Å². The molecule has 0 aliphatic rings. The van der Waals surface area contributed by atoms with Gasteiger partial charge in [-0.3, -0.25) is 0 Å². The van der Waals surface area contributed by atoms with Crippen LogP contribution in [-0.4, -0.2) is 0 Å². The van der Waals surface area contributed by atoms with Gasteiger partial charge < -0.3 is 11.1 Å². The molecule has 0 aliphatic carbocycles. The molecule has 4 heteroatoms. The van der Waals surface area contributed by atoms with E-state index in [1.165, 1.54) is 12.1 Å². The van der Waals surface area contributed by atoms with E-state index in [0.717, 1.165) is 21.4 Å². The Morgan fingerprint density at radius 3 is 2.65 bits per heavy atom. The van der Waals surface area contributed by atoms with Gasteiger partial charge in [0, 0.05) is 10.2 Å². The summed E-state index contributed by atoms with van der Waals surface area (Å²) in [6, 6.07) is 10.1. The average Bonchev–Trinajstić information content (AvgIpc) is 2.28. The standard InChI is InChI=1S/C13H12BrFN2/c1-8-2-4-10(15)7-12(8)17-13-6-9(14)3-5-11(13)16/h2-7,17H,16H2,1H3. The van der Waals surface area contributed by atoms with Crippen molar-refractivity contribution in [3.05, 3.63) is 52.3 Å². The molecule has 0 fully saturated rings. The lowest BCUT2D eigenvalue weighted by Crippen LogP contribution is -1.98. The van der Waals surface area contributed by atoms with Crippen LogP contribution in [-0.2, 0) is 0 Å². The van der Waals surface area contributed by atoms with Gasteiger partial charge in [0.05, 0.1) is 11.4 Å². The lowest BCUT2D eigenvalue weighted by atomic mass is 10.2. The van der Waals surface area contributed by atoms with Gasteiger partial charge in [0.25, 0.3) is 0 Å². The first-order valence-corrected chi connectivity index (χ1v) is 5.94. The van der Waals surface area contributed by atoms with E-state index < -0.39 is 0 Å². The van der Waals surface area contributed by atoms with Crippen molar-refractivity contribution in [2.45, 2.75) is 6.92 Å². The fraction of sp³-hybridized carbons (Fsp3) is 0.0769. The highest BCUT2D eigenvalue weighted by Crippen LogP contribution is 2.28. The number of hydrogen-bond acceptors (Lipinski definition) is 2. The average molecular weight is 295 g/mol. The highest BCUT2D eigenvalue weighted by Gasteiger charge is 2.04. The summed E-state index contributed by atoms with van der Waals surface area (Å²) in [6.07, 6.45) is 0. The maximum Gasteiger partial charge on any atom is 0.125 e. The van der Waals surface area contributed by atoms with Crippen LogP contribution in [0.1, 0.15) is 5.56 Å². The third kappa shape index (κ3) is 2.77. The zero-order valence-electron chi connectivity index (χ0n) is 9.30. The van der Waals surface area contributed by atoms with Gasteiger partial charge in [0.2, 0.25) is 0 Å². The summed E-state index contributed by atoms with van der Waals surface area (Å²) in [5.41, 5.74) is 8.91. The van der Waals surface area contributed by atoms with Crippen molar-refractivity contribution in [3.63, 3.8) is 0 Å². The summed E-state index contributed by atoms with van der Waals surface area (Å²) in [4.78, 5) is 0. The van der Waals surface area contributed by atoms with E-state index >= 15 is 0 Å². The summed E-state index contributed by atoms with van der Waals surface area (Å²) >= 11 is 3.37. The molecule has 0 saturated carbocycles. The van der Waals surface area contributed by atoms with Crippen molar-refractivity contribution in [2.75, 3.05) is 11.1 Å². The van der Waals surface area contributed by atoms with Gasteiger partial charge in [0.15, 0.2) is 0 Å². The van der Waals surface area contributed by atoms with Crippen LogP contribution in [0.4, 0.5) is 21.5 Å². The number of nitrogen functional groups attached to an aromatic ring is 1. The molecule has 2 rings (SSSR count). The molecule has 0 spiro atoms. The van der Waals surface area contributed by atoms with Gasteiger partial charge in [-0.1, -0.05) is 22.0 Å². The van der Waals surface area contributed by atoms with Crippen LogP contribution in [0.3, 0.4) is 0 Å². The van der Waals surface area contributed by atoms with Crippen molar-refractivity contribution < 1.29 is 4.39 Å². The molecule has 3 N–H and O–H groups in total. The molecule has 0 atom stereocenters. The number of nitrogens with two attached hydrogens (primary N) is 1. The Bertz CT molecular complexity index is 506. The van der Waals surface area contributed by atoms with Crippen molar-refractivity contribution in [1.29, 1.82) is 0 Å². The molecule has 0 aromatic heterocycles. The maximum atomic E-state index is 13.1. The van der Waals surface area contributed by atoms with E-state index in [0.29, 0.717) is 5.69 Å². The molecule has 2 aromatic rings. The van der Waals surface area contributed by atoms with Crippen LogP contribution >= 0.6 is 15.9 Å². The van der Waals surface area contributed by atoms with Crippen LogP contribution < -0.4 is 11.1 Å². The van der Waals surface area contributed by atoms with E-state index in [1.54, 1.807) is 12.1 Å². The van der Waals surface area contributed by atoms with Crippen LogP contribution in [0, 0.1) is 12.7 Å². The van der Waals surface area contributed by atoms with Crippen LogP contribution in [0.25, 0.3) is 0 Å². The van der Waals surface area contributed by atoms with E-state index in [-0.39, 0.29) is 5.82 Å². The fourth-order valence-corrected chi connectivity index (χ4v) is 1.87. The van der Waals surface area contributed by atoms with Gasteiger partial charge >= 0.3 is 0 Å². The van der Waals surface area contributed by atoms with Gasteiger partial charge in [-0.2, -0.15) is 0 Å². The van der Waals surface area contributed by atoms with Gasteiger partial charge in [0.1, 0.15) is 5.82 Å². The lowest BCUT2D eigenvalue weighted by molar-refractivity contribution is 0.628. The Hall–Kier alpha value is -1.55. The predicted octanol–water partition coefficient (Wildman–Crippen LogP) is 4.22. The molecule has 0 aliphatic heterocycles. The topological polar surface area (TPSA) is 38.0 Å². The van der Waals surface area contributed by atoms with Crippen molar-refractivity contribution in [3.8, 4) is 0 Å². The molecule has 0 radical (unpaired) electrons. The number of nitrogens with one attached hydrogen (secondary N) is 1. The molecule has 88 valence electrons. The third-order valence-corrected chi connectivity index (χ3v) is 2.98. The predicted molar refractivity (Wildman–Crippen MR) is 73.0 cm³/mol. The Morgan fingerprint density at radius 1 is 1.12 bits per heavy atom. The molecule has 0 amide bonds. The summed E-state index contributed by atoms with van der Waals surface area (Å²) in [5, 5.41) is 3.13. The second kappa shape index (κ2) is 4.75. The fourth-order valence-electron chi connectivity index (χ4n) is 1.51. The molecule has 0 unspecified atom stereocenters. The Morgan fingerprint density at radius 2 is 1.88 bits per heavy atom. The first kappa shape index (κ1) is 11.9. The first-order chi connectivity index (χ1) is 8.06. The Labute approximate surface area is 108 Å². The smallest absolute Gasteiger partial charge is 0.125 e.